The Morgan fingerprint density at radius 2 is 2.04 bits per heavy atom. The van der Waals surface area contributed by atoms with Gasteiger partial charge in [0.1, 0.15) is 18.0 Å². The number of pyridine rings is 1. The average molecular weight is 328 g/mol. The summed E-state index contributed by atoms with van der Waals surface area (Å²) < 4.78 is 0. The van der Waals surface area contributed by atoms with Gasteiger partial charge in [-0.25, -0.2) is 4.98 Å². The van der Waals surface area contributed by atoms with Gasteiger partial charge in [-0.15, -0.1) is 0 Å². The predicted octanol–water partition coefficient (Wildman–Crippen LogP) is 1.89. The van der Waals surface area contributed by atoms with Crippen LogP contribution in [0.5, 0.6) is 0 Å². The number of rotatable bonds is 2. The third kappa shape index (κ3) is 2.22. The van der Waals surface area contributed by atoms with E-state index in [9.17, 15) is 4.79 Å². The third-order valence-corrected chi connectivity index (χ3v) is 4.69. The van der Waals surface area contributed by atoms with Gasteiger partial charge in [0.2, 0.25) is 11.6 Å². The number of carbonyl (C=O) groups excluding carboxylic acids is 1. The van der Waals surface area contributed by atoms with E-state index in [2.05, 4.69) is 20.8 Å². The maximum absolute atomic E-state index is 12.6. The molecule has 0 radical (unpaired) electrons. The number of nitriles is 2. The van der Waals surface area contributed by atoms with Crippen molar-refractivity contribution in [2.75, 3.05) is 10.7 Å². The number of hydrogen-bond donors (Lipinski definition) is 2. The van der Waals surface area contributed by atoms with Gasteiger partial charge in [-0.05, 0) is 42.2 Å². The highest BCUT2D eigenvalue weighted by Crippen LogP contribution is 2.46. The highest BCUT2D eigenvalue weighted by Gasteiger charge is 2.50. The maximum atomic E-state index is 12.6. The fourth-order valence-corrected chi connectivity index (χ4v) is 3.53. The summed E-state index contributed by atoms with van der Waals surface area (Å²) in [6.45, 7) is 0. The zero-order valence-corrected chi connectivity index (χ0v) is 13.1. The number of hydrogen-bond acceptors (Lipinski definition) is 6. The van der Waals surface area contributed by atoms with Gasteiger partial charge in [0.15, 0.2) is 0 Å². The molecule has 1 aliphatic carbocycles. The molecule has 0 bridgehead atoms. The van der Waals surface area contributed by atoms with Gasteiger partial charge in [-0.1, -0.05) is 12.1 Å². The molecular formula is C18H12N6O. The number of aromatic nitrogens is 1. The minimum absolute atomic E-state index is 0.0267. The van der Waals surface area contributed by atoms with Crippen LogP contribution in [0.4, 0.5) is 11.5 Å². The lowest BCUT2D eigenvalue weighted by molar-refractivity contribution is -0.120. The highest BCUT2D eigenvalue weighted by molar-refractivity contribution is 6.10. The Morgan fingerprint density at radius 3 is 2.84 bits per heavy atom. The smallest absolute Gasteiger partial charge is 0.237 e. The number of benzene rings is 1. The number of nitrogens with zero attached hydrogens (tertiary/aromatic N) is 4. The Kier molecular flexibility index (Phi) is 3.23. The quantitative estimate of drug-likeness (QED) is 0.645. The first-order valence-electron chi connectivity index (χ1n) is 7.69. The average Bonchev–Trinajstić information content (AvgIpc) is 3.14. The summed E-state index contributed by atoms with van der Waals surface area (Å²) in [6.07, 6.45) is 2.87. The Hall–Kier alpha value is -3.71. The van der Waals surface area contributed by atoms with Crippen molar-refractivity contribution in [3.63, 3.8) is 0 Å². The first-order chi connectivity index (χ1) is 12.2. The number of nitrogens with one attached hydrogen (secondary N) is 2. The van der Waals surface area contributed by atoms with Gasteiger partial charge in [0.05, 0.1) is 11.1 Å². The van der Waals surface area contributed by atoms with Gasteiger partial charge in [-0.3, -0.25) is 10.2 Å². The second-order valence-corrected chi connectivity index (χ2v) is 6.07. The number of fused-ring (bicyclic) bond motifs is 3. The summed E-state index contributed by atoms with van der Waals surface area (Å²) in [7, 11) is 0. The number of amides is 1. The van der Waals surface area contributed by atoms with E-state index in [1.54, 1.807) is 18.3 Å². The zero-order chi connectivity index (χ0) is 17.4. The van der Waals surface area contributed by atoms with Crippen molar-refractivity contribution in [3.8, 4) is 12.1 Å². The van der Waals surface area contributed by atoms with E-state index in [-0.39, 0.29) is 11.6 Å². The van der Waals surface area contributed by atoms with E-state index < -0.39 is 5.41 Å². The summed E-state index contributed by atoms with van der Waals surface area (Å²) >= 11 is 0. The van der Waals surface area contributed by atoms with Crippen LogP contribution in [0.1, 0.15) is 16.7 Å². The number of hydrazone groups is 1. The summed E-state index contributed by atoms with van der Waals surface area (Å²) in [4.78, 5) is 16.9. The van der Waals surface area contributed by atoms with Crippen LogP contribution in [0.3, 0.4) is 0 Å². The van der Waals surface area contributed by atoms with Crippen LogP contribution < -0.4 is 10.7 Å². The van der Waals surface area contributed by atoms with E-state index in [0.29, 0.717) is 24.3 Å². The van der Waals surface area contributed by atoms with Crippen molar-refractivity contribution in [2.24, 2.45) is 5.10 Å². The lowest BCUT2D eigenvalue weighted by Crippen LogP contribution is -2.35. The van der Waals surface area contributed by atoms with Gasteiger partial charge in [-0.2, -0.15) is 15.6 Å². The van der Waals surface area contributed by atoms with Gasteiger partial charge >= 0.3 is 0 Å². The second-order valence-electron chi connectivity index (χ2n) is 6.07. The fraction of sp³-hybridized carbons (Fsp3) is 0.167. The minimum atomic E-state index is -0.613. The minimum Gasteiger partial charge on any atom is -0.310 e. The van der Waals surface area contributed by atoms with Crippen molar-refractivity contribution in [2.45, 2.75) is 18.3 Å². The van der Waals surface area contributed by atoms with Gasteiger partial charge in [0, 0.05) is 11.8 Å². The normalized spacial score (nSPS) is 19.4. The molecule has 1 aliphatic heterocycles. The van der Waals surface area contributed by atoms with E-state index in [1.165, 1.54) is 0 Å². The fourth-order valence-electron chi connectivity index (χ4n) is 3.53. The van der Waals surface area contributed by atoms with Crippen molar-refractivity contribution in [1.82, 2.24) is 4.98 Å². The molecule has 0 saturated carbocycles. The Labute approximate surface area is 143 Å². The summed E-state index contributed by atoms with van der Waals surface area (Å²) in [5.41, 5.74) is 5.60. The molecule has 0 fully saturated rings. The van der Waals surface area contributed by atoms with Crippen LogP contribution in [0.2, 0.25) is 0 Å². The first kappa shape index (κ1) is 14.9. The Balaban J connectivity index is 1.66. The van der Waals surface area contributed by atoms with E-state index in [0.717, 1.165) is 16.7 Å². The topological polar surface area (TPSA) is 114 Å². The molecular weight excluding hydrogens is 316 g/mol. The van der Waals surface area contributed by atoms with Gasteiger partial charge in [0.25, 0.3) is 0 Å². The van der Waals surface area contributed by atoms with Crippen molar-refractivity contribution in [3.05, 3.63) is 53.2 Å². The molecule has 2 heterocycles. The van der Waals surface area contributed by atoms with E-state index in [4.69, 9.17) is 10.5 Å². The van der Waals surface area contributed by atoms with Crippen LogP contribution in [-0.4, -0.2) is 16.6 Å². The standard InChI is InChI=1S/C18H12N6O/c19-9-14(10-20)24-23-13-4-3-11-7-18(8-12(11)6-13)15-2-1-5-21-16(15)22-17(18)25/h1-6,23H,7-8H2,(H,21,22,25). The molecule has 25 heavy (non-hydrogen) atoms. The third-order valence-electron chi connectivity index (χ3n) is 4.69. The van der Waals surface area contributed by atoms with Crippen molar-refractivity contribution >= 4 is 23.1 Å². The molecule has 0 saturated heterocycles. The molecule has 7 heteroatoms. The highest BCUT2D eigenvalue weighted by atomic mass is 16.2. The van der Waals surface area contributed by atoms with E-state index >= 15 is 0 Å². The molecule has 4 rings (SSSR count). The first-order valence-corrected chi connectivity index (χ1v) is 7.69. The van der Waals surface area contributed by atoms with Crippen LogP contribution in [0, 0.1) is 22.7 Å². The zero-order valence-electron chi connectivity index (χ0n) is 13.1. The maximum Gasteiger partial charge on any atom is 0.237 e. The molecule has 1 aromatic heterocycles. The van der Waals surface area contributed by atoms with Crippen LogP contribution in [0.25, 0.3) is 0 Å². The summed E-state index contributed by atoms with van der Waals surface area (Å²) in [6, 6.07) is 12.9. The van der Waals surface area contributed by atoms with E-state index in [1.807, 2.05) is 30.3 Å². The molecule has 7 nitrogen and oxygen atoms in total. The molecule has 120 valence electrons. The largest absolute Gasteiger partial charge is 0.310 e. The Morgan fingerprint density at radius 1 is 1.24 bits per heavy atom. The molecule has 2 aromatic rings. The van der Waals surface area contributed by atoms with Crippen LogP contribution >= 0.6 is 0 Å². The molecule has 1 aromatic carbocycles. The molecule has 1 unspecified atom stereocenters. The van der Waals surface area contributed by atoms with Crippen molar-refractivity contribution in [1.29, 1.82) is 10.5 Å². The van der Waals surface area contributed by atoms with Crippen molar-refractivity contribution < 1.29 is 4.79 Å². The lowest BCUT2D eigenvalue weighted by atomic mass is 9.79. The lowest BCUT2D eigenvalue weighted by Gasteiger charge is -2.20. The summed E-state index contributed by atoms with van der Waals surface area (Å²) in [5, 5.41) is 24.1. The molecule has 2 N–H and O–H groups in total. The van der Waals surface area contributed by atoms with Gasteiger partial charge < -0.3 is 5.32 Å². The molecule has 1 amide bonds. The predicted molar refractivity (Wildman–Crippen MR) is 90.7 cm³/mol. The summed E-state index contributed by atoms with van der Waals surface area (Å²) in [5.74, 6) is 0.608. The second kappa shape index (κ2) is 5.43. The molecule has 1 atom stereocenters. The Bertz CT molecular complexity index is 997. The number of anilines is 2. The molecule has 1 spiro atoms. The van der Waals surface area contributed by atoms with Crippen LogP contribution in [-0.2, 0) is 23.1 Å². The SMILES string of the molecule is N#CC(C#N)=NNc1ccc2c(c1)CC1(C2)C(=O)Nc2ncccc21. The number of carbonyl (C=O) groups is 1. The van der Waals surface area contributed by atoms with Crippen LogP contribution in [0.15, 0.2) is 41.6 Å². The monoisotopic (exact) mass is 328 g/mol. The molecule has 2 aliphatic rings.